The van der Waals surface area contributed by atoms with Crippen molar-refractivity contribution >= 4 is 40.4 Å². The van der Waals surface area contributed by atoms with Crippen molar-refractivity contribution in [2.24, 2.45) is 0 Å². The summed E-state index contributed by atoms with van der Waals surface area (Å²) in [6, 6.07) is 11.6. The molecule has 8 heteroatoms. The number of benzene rings is 2. The zero-order chi connectivity index (χ0) is 22.2. The van der Waals surface area contributed by atoms with Crippen LogP contribution in [0.3, 0.4) is 0 Å². The van der Waals surface area contributed by atoms with Gasteiger partial charge in [-0.15, -0.1) is 11.3 Å². The number of carbonyl (C=O) groups is 2. The monoisotopic (exact) mass is 439 g/mol. The first kappa shape index (κ1) is 22.0. The second-order valence-corrected chi connectivity index (χ2v) is 7.34. The number of rotatable bonds is 7. The smallest absolute Gasteiger partial charge is 0.252 e. The van der Waals surface area contributed by atoms with Gasteiger partial charge in [-0.1, -0.05) is 24.3 Å². The molecule has 0 saturated heterocycles. The number of amides is 2. The molecule has 0 aliphatic heterocycles. The summed E-state index contributed by atoms with van der Waals surface area (Å²) in [5, 5.41) is 4.95. The highest BCUT2D eigenvalue weighted by Crippen LogP contribution is 2.20. The number of nitrogens with zero attached hydrogens (tertiary/aromatic N) is 2. The summed E-state index contributed by atoms with van der Waals surface area (Å²) in [7, 11) is 1.60. The number of nitrogens with one attached hydrogen (secondary N) is 1. The van der Waals surface area contributed by atoms with Crippen molar-refractivity contribution in [3.8, 4) is 0 Å². The topological polar surface area (TPSA) is 62.3 Å². The van der Waals surface area contributed by atoms with E-state index in [4.69, 9.17) is 0 Å². The largest absolute Gasteiger partial charge is 0.347 e. The summed E-state index contributed by atoms with van der Waals surface area (Å²) in [5.74, 6) is -1.27. The Morgan fingerprint density at radius 3 is 2.10 bits per heavy atom. The molecule has 0 radical (unpaired) electrons. The Morgan fingerprint density at radius 2 is 1.52 bits per heavy atom. The minimum Gasteiger partial charge on any atom is -0.347 e. The zero-order valence-electron chi connectivity index (χ0n) is 16.6. The summed E-state index contributed by atoms with van der Waals surface area (Å²) in [6.45, 7) is 0.205. The van der Waals surface area contributed by atoms with Gasteiger partial charge in [0.25, 0.3) is 5.91 Å². The van der Waals surface area contributed by atoms with E-state index >= 15 is 0 Å². The molecule has 0 fully saturated rings. The van der Waals surface area contributed by atoms with E-state index in [1.807, 2.05) is 0 Å². The average Bonchev–Trinajstić information content (AvgIpc) is 3.25. The highest BCUT2D eigenvalue weighted by molar-refractivity contribution is 7.14. The number of anilines is 1. The second-order valence-electron chi connectivity index (χ2n) is 6.51. The van der Waals surface area contributed by atoms with Gasteiger partial charge < -0.3 is 5.32 Å². The molecule has 31 heavy (non-hydrogen) atoms. The lowest BCUT2D eigenvalue weighted by Gasteiger charge is -2.10. The van der Waals surface area contributed by atoms with E-state index in [-0.39, 0.29) is 30.0 Å². The second kappa shape index (κ2) is 10.4. The van der Waals surface area contributed by atoms with Crippen molar-refractivity contribution in [3.05, 3.63) is 94.5 Å². The highest BCUT2D eigenvalue weighted by Gasteiger charge is 2.12. The van der Waals surface area contributed by atoms with E-state index in [0.29, 0.717) is 22.0 Å². The number of carbonyl (C=O) groups excluding carboxylic acids is 2. The number of aromatic nitrogens is 1. The molecule has 3 aromatic rings. The molecule has 2 amide bonds. The predicted octanol–water partition coefficient (Wildman–Crippen LogP) is 4.43. The third-order valence-corrected chi connectivity index (χ3v) is 5.15. The van der Waals surface area contributed by atoms with E-state index in [1.54, 1.807) is 48.8 Å². The quantitative estimate of drug-likeness (QED) is 0.554. The van der Waals surface area contributed by atoms with Crippen LogP contribution in [0.4, 0.5) is 13.9 Å². The van der Waals surface area contributed by atoms with E-state index < -0.39 is 0 Å². The van der Waals surface area contributed by atoms with E-state index in [0.717, 1.165) is 0 Å². The van der Waals surface area contributed by atoms with Gasteiger partial charge in [-0.05, 0) is 47.5 Å². The Balaban J connectivity index is 1.51. The lowest BCUT2D eigenvalue weighted by Crippen LogP contribution is -2.24. The maximum absolute atomic E-state index is 12.9. The average molecular weight is 439 g/mol. The van der Waals surface area contributed by atoms with Gasteiger partial charge >= 0.3 is 0 Å². The summed E-state index contributed by atoms with van der Waals surface area (Å²) in [6.07, 6.45) is 5.92. The van der Waals surface area contributed by atoms with Crippen LogP contribution in [0.15, 0.2) is 66.1 Å². The number of likely N-dealkylation sites (N-methyl/N-ethyl adjacent to an activating group) is 1. The van der Waals surface area contributed by atoms with Crippen LogP contribution in [0.2, 0.25) is 0 Å². The first-order valence-electron chi connectivity index (χ1n) is 9.28. The number of hydrogen-bond donors (Lipinski definition) is 1. The molecular weight excluding hydrogens is 420 g/mol. The summed E-state index contributed by atoms with van der Waals surface area (Å²) in [5.41, 5.74) is 2.03. The van der Waals surface area contributed by atoms with Crippen LogP contribution < -0.4 is 10.2 Å². The first-order valence-corrected chi connectivity index (χ1v) is 10.2. The van der Waals surface area contributed by atoms with Crippen LogP contribution in [-0.2, 0) is 16.1 Å². The molecule has 5 nitrogen and oxygen atoms in total. The van der Waals surface area contributed by atoms with Gasteiger partial charge in [-0.3, -0.25) is 14.5 Å². The summed E-state index contributed by atoms with van der Waals surface area (Å²) >= 11 is 1.28. The molecule has 1 heterocycles. The maximum atomic E-state index is 12.9. The molecule has 1 N–H and O–H groups in total. The molecule has 3 rings (SSSR count). The number of hydrogen-bond acceptors (Lipinski definition) is 4. The van der Waals surface area contributed by atoms with Crippen molar-refractivity contribution in [1.82, 2.24) is 10.3 Å². The minimum absolute atomic E-state index is 0.205. The Labute approximate surface area is 182 Å². The van der Waals surface area contributed by atoms with E-state index in [1.165, 1.54) is 52.7 Å². The Morgan fingerprint density at radius 1 is 0.968 bits per heavy atom. The van der Waals surface area contributed by atoms with Gasteiger partial charge in [0.1, 0.15) is 11.6 Å². The Bertz CT molecular complexity index is 1110. The minimum atomic E-state index is -0.339. The molecule has 158 valence electrons. The molecule has 0 aliphatic carbocycles. The summed E-state index contributed by atoms with van der Waals surface area (Å²) in [4.78, 5) is 30.0. The molecule has 0 saturated carbocycles. The van der Waals surface area contributed by atoms with Crippen molar-refractivity contribution in [2.45, 2.75) is 6.54 Å². The molecule has 0 aliphatic rings. The van der Waals surface area contributed by atoms with Crippen molar-refractivity contribution in [3.63, 3.8) is 0 Å². The normalized spacial score (nSPS) is 11.2. The van der Waals surface area contributed by atoms with Crippen LogP contribution in [-0.4, -0.2) is 23.8 Å². The third kappa shape index (κ3) is 6.68. The lowest BCUT2D eigenvalue weighted by atomic mass is 10.2. The zero-order valence-corrected chi connectivity index (χ0v) is 17.4. The fourth-order valence-electron chi connectivity index (χ4n) is 2.46. The fourth-order valence-corrected chi connectivity index (χ4v) is 3.26. The molecule has 2 aromatic carbocycles. The van der Waals surface area contributed by atoms with Crippen LogP contribution >= 0.6 is 11.3 Å². The predicted molar refractivity (Wildman–Crippen MR) is 118 cm³/mol. The highest BCUT2D eigenvalue weighted by atomic mass is 32.1. The Kier molecular flexibility index (Phi) is 7.40. The first-order chi connectivity index (χ1) is 14.9. The molecule has 0 atom stereocenters. The third-order valence-electron chi connectivity index (χ3n) is 4.19. The van der Waals surface area contributed by atoms with Crippen molar-refractivity contribution in [2.75, 3.05) is 11.9 Å². The van der Waals surface area contributed by atoms with Gasteiger partial charge in [0, 0.05) is 24.6 Å². The van der Waals surface area contributed by atoms with Crippen molar-refractivity contribution in [1.29, 1.82) is 0 Å². The molecule has 0 spiro atoms. The van der Waals surface area contributed by atoms with Gasteiger partial charge in [-0.25, -0.2) is 13.8 Å². The molecule has 0 unspecified atom stereocenters. The molecule has 1 aromatic heterocycles. The number of halogens is 2. The van der Waals surface area contributed by atoms with Gasteiger partial charge in [0.2, 0.25) is 5.91 Å². The standard InChI is InChI=1S/C23H19F2N3O2S/c1-28(22(30)13-7-17-4-10-19(25)11-5-17)23-27-20(15-31-23)14-26-21(29)12-6-16-2-8-18(24)9-3-16/h2-13,15H,14H2,1H3,(H,26,29)/b12-6+,13-7+. The maximum Gasteiger partial charge on any atom is 0.252 e. The molecular formula is C23H19F2N3O2S. The van der Waals surface area contributed by atoms with Crippen molar-refractivity contribution < 1.29 is 18.4 Å². The van der Waals surface area contributed by atoms with Gasteiger partial charge in [0.15, 0.2) is 5.13 Å². The van der Waals surface area contributed by atoms with Crippen LogP contribution in [0.5, 0.6) is 0 Å². The number of thiazole rings is 1. The van der Waals surface area contributed by atoms with E-state index in [2.05, 4.69) is 10.3 Å². The lowest BCUT2D eigenvalue weighted by molar-refractivity contribution is -0.116. The van der Waals surface area contributed by atoms with Crippen LogP contribution in [0, 0.1) is 11.6 Å². The van der Waals surface area contributed by atoms with Gasteiger partial charge in [-0.2, -0.15) is 0 Å². The molecule has 0 bridgehead atoms. The SMILES string of the molecule is CN(C(=O)/C=C/c1ccc(F)cc1)c1nc(CNC(=O)/C=C/c2ccc(F)cc2)cs1. The van der Waals surface area contributed by atoms with Gasteiger partial charge in [0.05, 0.1) is 12.2 Å². The van der Waals surface area contributed by atoms with E-state index in [9.17, 15) is 18.4 Å². The van der Waals surface area contributed by atoms with Crippen LogP contribution in [0.25, 0.3) is 12.2 Å². The summed E-state index contributed by atoms with van der Waals surface area (Å²) < 4.78 is 25.8. The Hall–Kier alpha value is -3.65. The fraction of sp³-hybridized carbons (Fsp3) is 0.0870. The van der Waals surface area contributed by atoms with Crippen LogP contribution in [0.1, 0.15) is 16.8 Å².